The molecule has 0 saturated heterocycles. The average molecular weight is 464 g/mol. The monoisotopic (exact) mass is 463 g/mol. The number of methoxy groups -OCH3 is 1. The van der Waals surface area contributed by atoms with Crippen LogP contribution in [0.1, 0.15) is 23.6 Å². The lowest BCUT2D eigenvalue weighted by molar-refractivity contribution is -0.133. The molecule has 0 saturated carbocycles. The van der Waals surface area contributed by atoms with Gasteiger partial charge in [-0.25, -0.2) is 13.4 Å². The second-order valence-electron chi connectivity index (χ2n) is 7.72. The third-order valence-electron chi connectivity index (χ3n) is 5.58. The Balaban J connectivity index is 1.61. The first-order chi connectivity index (χ1) is 15.9. The van der Waals surface area contributed by atoms with E-state index in [2.05, 4.69) is 5.10 Å². The highest BCUT2D eigenvalue weighted by Gasteiger charge is 2.35. The van der Waals surface area contributed by atoms with Crippen molar-refractivity contribution in [3.63, 3.8) is 0 Å². The molecular formula is C25H25N3O4S. The molecule has 0 aromatic heterocycles. The fourth-order valence-corrected chi connectivity index (χ4v) is 4.89. The SMILES string of the molecule is COc1ccc(C2CC(c3ccccc3)=NN2C(=O)CN(C)S(=O)(=O)c2ccccc2)cc1. The first-order valence-corrected chi connectivity index (χ1v) is 11.9. The molecule has 0 radical (unpaired) electrons. The van der Waals surface area contributed by atoms with Crippen molar-refractivity contribution in [3.8, 4) is 5.75 Å². The van der Waals surface area contributed by atoms with Gasteiger partial charge in [0.2, 0.25) is 10.0 Å². The predicted molar refractivity (Wildman–Crippen MR) is 126 cm³/mol. The summed E-state index contributed by atoms with van der Waals surface area (Å²) in [5.41, 5.74) is 2.60. The van der Waals surface area contributed by atoms with Gasteiger partial charge >= 0.3 is 0 Å². The van der Waals surface area contributed by atoms with Gasteiger partial charge in [0.15, 0.2) is 0 Å². The molecule has 0 N–H and O–H groups in total. The topological polar surface area (TPSA) is 79.3 Å². The van der Waals surface area contributed by atoms with Crippen molar-refractivity contribution in [2.24, 2.45) is 5.10 Å². The summed E-state index contributed by atoms with van der Waals surface area (Å²) in [6, 6.07) is 24.9. The number of rotatable bonds is 7. The molecule has 1 atom stereocenters. The Labute approximate surface area is 194 Å². The molecule has 3 aromatic carbocycles. The van der Waals surface area contributed by atoms with Crippen molar-refractivity contribution >= 4 is 21.6 Å². The van der Waals surface area contributed by atoms with E-state index in [1.54, 1.807) is 25.3 Å². The van der Waals surface area contributed by atoms with Crippen molar-refractivity contribution in [1.82, 2.24) is 9.31 Å². The van der Waals surface area contributed by atoms with Crippen LogP contribution >= 0.6 is 0 Å². The highest BCUT2D eigenvalue weighted by molar-refractivity contribution is 7.89. The van der Waals surface area contributed by atoms with Gasteiger partial charge in [-0.05, 0) is 35.4 Å². The molecule has 0 fully saturated rings. The van der Waals surface area contributed by atoms with Gasteiger partial charge in [0.25, 0.3) is 5.91 Å². The minimum Gasteiger partial charge on any atom is -0.497 e. The van der Waals surface area contributed by atoms with Gasteiger partial charge in [-0.1, -0.05) is 60.7 Å². The molecule has 7 nitrogen and oxygen atoms in total. The quantitative estimate of drug-likeness (QED) is 0.535. The number of benzene rings is 3. The zero-order chi connectivity index (χ0) is 23.4. The van der Waals surface area contributed by atoms with Gasteiger partial charge in [-0.3, -0.25) is 4.79 Å². The number of hydrogen-bond donors (Lipinski definition) is 0. The summed E-state index contributed by atoms with van der Waals surface area (Å²) < 4.78 is 32.1. The van der Waals surface area contributed by atoms with E-state index < -0.39 is 15.9 Å². The first kappa shape index (κ1) is 22.7. The third kappa shape index (κ3) is 4.81. The Bertz CT molecular complexity index is 1240. The van der Waals surface area contributed by atoms with E-state index in [1.807, 2.05) is 54.6 Å². The van der Waals surface area contributed by atoms with Crippen LogP contribution in [0, 0.1) is 0 Å². The van der Waals surface area contributed by atoms with Crippen LogP contribution in [-0.4, -0.2) is 50.1 Å². The van der Waals surface area contributed by atoms with E-state index in [0.29, 0.717) is 12.2 Å². The zero-order valence-electron chi connectivity index (χ0n) is 18.5. The molecule has 1 aliphatic heterocycles. The maximum Gasteiger partial charge on any atom is 0.258 e. The molecule has 3 aromatic rings. The number of sulfonamides is 1. The zero-order valence-corrected chi connectivity index (χ0v) is 19.3. The van der Waals surface area contributed by atoms with Crippen molar-refractivity contribution in [2.45, 2.75) is 17.4 Å². The minimum absolute atomic E-state index is 0.141. The van der Waals surface area contributed by atoms with E-state index in [9.17, 15) is 13.2 Å². The van der Waals surface area contributed by atoms with Crippen molar-refractivity contribution < 1.29 is 17.9 Å². The van der Waals surface area contributed by atoms with Gasteiger partial charge < -0.3 is 4.74 Å². The Hall–Kier alpha value is -3.49. The van der Waals surface area contributed by atoms with Crippen LogP contribution in [-0.2, 0) is 14.8 Å². The summed E-state index contributed by atoms with van der Waals surface area (Å²) >= 11 is 0. The van der Waals surface area contributed by atoms with Crippen LogP contribution in [0.15, 0.2) is 94.9 Å². The summed E-state index contributed by atoms with van der Waals surface area (Å²) in [7, 11) is -0.799. The number of carbonyl (C=O) groups excluding carboxylic acids is 1. The molecule has 4 rings (SSSR count). The Morgan fingerprint density at radius 2 is 1.61 bits per heavy atom. The van der Waals surface area contributed by atoms with Crippen LogP contribution < -0.4 is 4.74 Å². The summed E-state index contributed by atoms with van der Waals surface area (Å²) in [5, 5.41) is 6.02. The lowest BCUT2D eigenvalue weighted by Crippen LogP contribution is -2.39. The summed E-state index contributed by atoms with van der Waals surface area (Å²) in [4.78, 5) is 13.4. The van der Waals surface area contributed by atoms with E-state index >= 15 is 0 Å². The molecule has 33 heavy (non-hydrogen) atoms. The fourth-order valence-electron chi connectivity index (χ4n) is 3.75. The third-order valence-corrected chi connectivity index (χ3v) is 7.40. The first-order valence-electron chi connectivity index (χ1n) is 10.5. The number of carbonyl (C=O) groups is 1. The van der Waals surface area contributed by atoms with Crippen LogP contribution in [0.5, 0.6) is 5.75 Å². The second kappa shape index (κ2) is 9.56. The smallest absolute Gasteiger partial charge is 0.258 e. The van der Waals surface area contributed by atoms with Crippen molar-refractivity contribution in [3.05, 3.63) is 96.1 Å². The van der Waals surface area contributed by atoms with Gasteiger partial charge in [-0.2, -0.15) is 9.41 Å². The van der Waals surface area contributed by atoms with Gasteiger partial charge in [0.1, 0.15) is 5.75 Å². The van der Waals surface area contributed by atoms with Gasteiger partial charge in [0.05, 0.1) is 30.3 Å². The van der Waals surface area contributed by atoms with E-state index in [1.165, 1.54) is 24.2 Å². The highest BCUT2D eigenvalue weighted by Crippen LogP contribution is 2.34. The van der Waals surface area contributed by atoms with Crippen LogP contribution in [0.25, 0.3) is 0 Å². The number of hydrazone groups is 1. The van der Waals surface area contributed by atoms with Gasteiger partial charge in [-0.15, -0.1) is 0 Å². The van der Waals surface area contributed by atoms with Crippen molar-refractivity contribution in [1.29, 1.82) is 0 Å². The molecule has 0 spiro atoms. The maximum absolute atomic E-state index is 13.3. The minimum atomic E-state index is -3.80. The molecular weight excluding hydrogens is 438 g/mol. The van der Waals surface area contributed by atoms with Crippen LogP contribution in [0.2, 0.25) is 0 Å². The van der Waals surface area contributed by atoms with Gasteiger partial charge in [0, 0.05) is 13.5 Å². The number of likely N-dealkylation sites (N-methyl/N-ethyl adjacent to an activating group) is 1. The van der Waals surface area contributed by atoms with E-state index in [0.717, 1.165) is 21.1 Å². The number of nitrogens with zero attached hydrogens (tertiary/aromatic N) is 3. The van der Waals surface area contributed by atoms with Crippen LogP contribution in [0.4, 0.5) is 0 Å². The summed E-state index contributed by atoms with van der Waals surface area (Å²) in [6.07, 6.45) is 0.525. The number of ether oxygens (including phenoxy) is 1. The van der Waals surface area contributed by atoms with Crippen molar-refractivity contribution in [2.75, 3.05) is 20.7 Å². The molecule has 170 valence electrons. The fraction of sp³-hybridized carbons (Fsp3) is 0.200. The standard InChI is InChI=1S/C25H25N3O4S/c1-27(33(30,31)22-11-7-4-8-12-22)18-25(29)28-24(20-13-15-21(32-2)16-14-20)17-23(26-28)19-9-5-3-6-10-19/h3-16,24H,17-18H2,1-2H3. The highest BCUT2D eigenvalue weighted by atomic mass is 32.2. The largest absolute Gasteiger partial charge is 0.497 e. The molecule has 1 aliphatic rings. The summed E-state index contributed by atoms with van der Waals surface area (Å²) in [6.45, 7) is -0.324. The molecule has 1 unspecified atom stereocenters. The summed E-state index contributed by atoms with van der Waals surface area (Å²) in [5.74, 6) is 0.316. The maximum atomic E-state index is 13.3. The van der Waals surface area contributed by atoms with Crippen LogP contribution in [0.3, 0.4) is 0 Å². The molecule has 1 heterocycles. The Morgan fingerprint density at radius 3 is 2.21 bits per heavy atom. The molecule has 0 bridgehead atoms. The number of hydrogen-bond acceptors (Lipinski definition) is 5. The molecule has 8 heteroatoms. The Kier molecular flexibility index (Phi) is 6.57. The van der Waals surface area contributed by atoms with E-state index in [4.69, 9.17) is 4.74 Å². The second-order valence-corrected chi connectivity index (χ2v) is 9.76. The Morgan fingerprint density at radius 1 is 1.00 bits per heavy atom. The molecule has 1 amide bonds. The lowest BCUT2D eigenvalue weighted by atomic mass is 9.98. The molecule has 0 aliphatic carbocycles. The number of amides is 1. The normalized spacial score (nSPS) is 16.0. The average Bonchev–Trinajstić information content (AvgIpc) is 3.31. The van der Waals surface area contributed by atoms with E-state index in [-0.39, 0.29) is 17.5 Å². The predicted octanol–water partition coefficient (Wildman–Crippen LogP) is 3.69. The lowest BCUT2D eigenvalue weighted by Gasteiger charge is -2.24.